The molecule has 2 N–H and O–H groups in total. The van der Waals surface area contributed by atoms with Crippen LogP contribution in [0.25, 0.3) is 5.70 Å². The molecule has 0 spiro atoms. The van der Waals surface area contributed by atoms with Crippen LogP contribution in [0.3, 0.4) is 0 Å². The lowest BCUT2D eigenvalue weighted by Gasteiger charge is -2.20. The third-order valence-electron chi connectivity index (χ3n) is 5.26. The Morgan fingerprint density at radius 3 is 2.83 bits per heavy atom. The number of amides is 1. The van der Waals surface area contributed by atoms with Crippen LogP contribution in [0.4, 0.5) is 0 Å². The van der Waals surface area contributed by atoms with Crippen LogP contribution in [0.1, 0.15) is 48.7 Å². The third kappa shape index (κ3) is 4.40. The Kier molecular flexibility index (Phi) is 5.49. The second-order valence-corrected chi connectivity index (χ2v) is 7.62. The van der Waals surface area contributed by atoms with Crippen molar-refractivity contribution in [1.29, 1.82) is 0 Å². The molecule has 154 valence electrons. The molecule has 1 aromatic carbocycles. The Labute approximate surface area is 170 Å². The summed E-state index contributed by atoms with van der Waals surface area (Å²) in [7, 11) is 1.64. The number of nitrogens with one attached hydrogen (secondary N) is 2. The summed E-state index contributed by atoms with van der Waals surface area (Å²) in [4.78, 5) is 17.8. The molecule has 1 aliphatic carbocycles. The van der Waals surface area contributed by atoms with Gasteiger partial charge in [-0.2, -0.15) is 0 Å². The van der Waals surface area contributed by atoms with Gasteiger partial charge in [0.05, 0.1) is 31.7 Å². The number of furan rings is 1. The van der Waals surface area contributed by atoms with E-state index in [0.717, 1.165) is 29.9 Å². The molecule has 2 aromatic rings. The van der Waals surface area contributed by atoms with Crippen molar-refractivity contribution in [3.05, 3.63) is 54.0 Å². The minimum absolute atomic E-state index is 0.239. The molecular formula is C22H26N2O5. The number of benzene rings is 1. The molecule has 2 heterocycles. The quantitative estimate of drug-likeness (QED) is 0.741. The number of rotatable bonds is 7. The molecule has 0 radical (unpaired) electrons. The van der Waals surface area contributed by atoms with Crippen LogP contribution >= 0.6 is 0 Å². The molecule has 0 bridgehead atoms. The normalized spacial score (nSPS) is 21.5. The van der Waals surface area contributed by atoms with Crippen molar-refractivity contribution in [2.24, 2.45) is 0 Å². The Bertz CT molecular complexity index is 887. The van der Waals surface area contributed by atoms with Gasteiger partial charge in [0.2, 0.25) is 0 Å². The summed E-state index contributed by atoms with van der Waals surface area (Å²) in [5.41, 5.74) is 4.03. The predicted molar refractivity (Wildman–Crippen MR) is 108 cm³/mol. The van der Waals surface area contributed by atoms with E-state index in [-0.39, 0.29) is 17.8 Å². The van der Waals surface area contributed by atoms with E-state index in [0.29, 0.717) is 12.3 Å². The van der Waals surface area contributed by atoms with E-state index >= 15 is 0 Å². The Balaban J connectivity index is 1.46. The second kappa shape index (κ2) is 8.21. The lowest BCUT2D eigenvalue weighted by atomic mass is 10.0. The van der Waals surface area contributed by atoms with Gasteiger partial charge in [-0.3, -0.25) is 15.1 Å². The standard InChI is InChI=1S/C22H26N2O5/c1-22(14-23-21(25)19-8-5-11-27-19)13-17(24-29-22)15-9-10-18(26-2)20(12-15)28-16-6-3-4-7-16/h5,8-13,16,24H,3-4,6-7,14H2,1-2H3,(H,23,25). The topological polar surface area (TPSA) is 82.0 Å². The highest BCUT2D eigenvalue weighted by molar-refractivity contribution is 5.91. The first-order valence-electron chi connectivity index (χ1n) is 9.90. The van der Waals surface area contributed by atoms with Crippen molar-refractivity contribution in [2.75, 3.05) is 13.7 Å². The fraction of sp³-hybridized carbons (Fsp3) is 0.409. The molecule has 1 aromatic heterocycles. The summed E-state index contributed by atoms with van der Waals surface area (Å²) < 4.78 is 16.8. The van der Waals surface area contributed by atoms with Crippen molar-refractivity contribution >= 4 is 11.6 Å². The fourth-order valence-corrected chi connectivity index (χ4v) is 3.64. The van der Waals surface area contributed by atoms with Gasteiger partial charge >= 0.3 is 0 Å². The van der Waals surface area contributed by atoms with Crippen molar-refractivity contribution < 1.29 is 23.5 Å². The summed E-state index contributed by atoms with van der Waals surface area (Å²) >= 11 is 0. The molecule has 29 heavy (non-hydrogen) atoms. The Morgan fingerprint density at radius 2 is 2.10 bits per heavy atom. The summed E-state index contributed by atoms with van der Waals surface area (Å²) in [5.74, 6) is 1.44. The van der Waals surface area contributed by atoms with Crippen molar-refractivity contribution in [1.82, 2.24) is 10.8 Å². The highest BCUT2D eigenvalue weighted by Crippen LogP contribution is 2.35. The highest BCUT2D eigenvalue weighted by atomic mass is 16.7. The monoisotopic (exact) mass is 398 g/mol. The fourth-order valence-electron chi connectivity index (χ4n) is 3.64. The summed E-state index contributed by atoms with van der Waals surface area (Å²) in [6.45, 7) is 2.19. The van der Waals surface area contributed by atoms with Gasteiger partial charge in [-0.05, 0) is 69.0 Å². The van der Waals surface area contributed by atoms with Crippen molar-refractivity contribution in [2.45, 2.75) is 44.3 Å². The molecule has 4 rings (SSSR count). The third-order valence-corrected chi connectivity index (χ3v) is 5.26. The van der Waals surface area contributed by atoms with Crippen LogP contribution in [-0.4, -0.2) is 31.3 Å². The van der Waals surface area contributed by atoms with E-state index in [2.05, 4.69) is 10.8 Å². The van der Waals surface area contributed by atoms with Gasteiger partial charge in [-0.1, -0.05) is 0 Å². The molecule has 1 amide bonds. The van der Waals surface area contributed by atoms with E-state index < -0.39 is 5.60 Å². The SMILES string of the molecule is COc1ccc(C2=CC(C)(CNC(=O)c3ccco3)ON2)cc1OC1CCCC1. The molecular weight excluding hydrogens is 372 g/mol. The van der Waals surface area contributed by atoms with E-state index in [1.807, 2.05) is 31.2 Å². The van der Waals surface area contributed by atoms with Crippen LogP contribution in [-0.2, 0) is 4.84 Å². The van der Waals surface area contributed by atoms with E-state index in [9.17, 15) is 4.79 Å². The maximum atomic E-state index is 12.1. The highest BCUT2D eigenvalue weighted by Gasteiger charge is 2.31. The minimum atomic E-state index is -0.690. The Hall–Kier alpha value is -2.93. The summed E-state index contributed by atoms with van der Waals surface area (Å²) in [6, 6.07) is 9.12. The van der Waals surface area contributed by atoms with Gasteiger partial charge in [0.1, 0.15) is 5.60 Å². The summed E-state index contributed by atoms with van der Waals surface area (Å²) in [6.07, 6.45) is 8.22. The van der Waals surface area contributed by atoms with Crippen LogP contribution in [0.2, 0.25) is 0 Å². The van der Waals surface area contributed by atoms with Gasteiger partial charge in [-0.15, -0.1) is 0 Å². The number of carbonyl (C=O) groups is 1. The van der Waals surface area contributed by atoms with E-state index in [1.165, 1.54) is 19.1 Å². The molecule has 1 unspecified atom stereocenters. The molecule has 1 saturated carbocycles. The molecule has 0 saturated heterocycles. The molecule has 1 aliphatic heterocycles. The second-order valence-electron chi connectivity index (χ2n) is 7.62. The average molecular weight is 398 g/mol. The van der Waals surface area contributed by atoms with Gasteiger partial charge in [0, 0.05) is 5.56 Å². The number of hydroxylamine groups is 1. The van der Waals surface area contributed by atoms with Gasteiger partial charge in [0.15, 0.2) is 17.3 Å². The zero-order valence-corrected chi connectivity index (χ0v) is 16.7. The number of hydrogen-bond donors (Lipinski definition) is 2. The molecule has 7 nitrogen and oxygen atoms in total. The maximum Gasteiger partial charge on any atom is 0.287 e. The molecule has 7 heteroatoms. The predicted octanol–water partition coefficient (Wildman–Crippen LogP) is 3.67. The number of carbonyl (C=O) groups excluding carboxylic acids is 1. The van der Waals surface area contributed by atoms with Gasteiger partial charge in [-0.25, -0.2) is 0 Å². The largest absolute Gasteiger partial charge is 0.493 e. The van der Waals surface area contributed by atoms with E-state index in [4.69, 9.17) is 18.7 Å². The van der Waals surface area contributed by atoms with E-state index in [1.54, 1.807) is 19.2 Å². The first-order valence-corrected chi connectivity index (χ1v) is 9.90. The van der Waals surface area contributed by atoms with Crippen LogP contribution in [0.15, 0.2) is 47.1 Å². The van der Waals surface area contributed by atoms with Gasteiger partial charge < -0.3 is 19.2 Å². The van der Waals surface area contributed by atoms with Crippen LogP contribution in [0.5, 0.6) is 11.5 Å². The van der Waals surface area contributed by atoms with Crippen LogP contribution in [0, 0.1) is 0 Å². The van der Waals surface area contributed by atoms with Crippen molar-refractivity contribution in [3.8, 4) is 11.5 Å². The van der Waals surface area contributed by atoms with Crippen LogP contribution < -0.4 is 20.3 Å². The minimum Gasteiger partial charge on any atom is -0.493 e. The molecule has 1 fully saturated rings. The average Bonchev–Trinajstić information content (AvgIpc) is 3.49. The Morgan fingerprint density at radius 1 is 1.28 bits per heavy atom. The number of methoxy groups -OCH3 is 1. The first kappa shape index (κ1) is 19.4. The lowest BCUT2D eigenvalue weighted by molar-refractivity contribution is -0.0195. The maximum absolute atomic E-state index is 12.1. The number of ether oxygens (including phenoxy) is 2. The smallest absolute Gasteiger partial charge is 0.287 e. The number of hydrogen-bond acceptors (Lipinski definition) is 6. The lowest BCUT2D eigenvalue weighted by Crippen LogP contribution is -2.40. The zero-order valence-electron chi connectivity index (χ0n) is 16.7. The molecule has 2 aliphatic rings. The van der Waals surface area contributed by atoms with Crippen molar-refractivity contribution in [3.63, 3.8) is 0 Å². The zero-order chi connectivity index (χ0) is 20.3. The molecule has 1 atom stereocenters. The first-order chi connectivity index (χ1) is 14.1. The summed E-state index contributed by atoms with van der Waals surface area (Å²) in [5, 5.41) is 2.83. The van der Waals surface area contributed by atoms with Gasteiger partial charge in [0.25, 0.3) is 5.91 Å².